The van der Waals surface area contributed by atoms with Crippen molar-refractivity contribution in [2.75, 3.05) is 24.2 Å². The maximum absolute atomic E-state index is 14.8. The number of carbonyl (C=O) groups excluding carboxylic acids is 4. The summed E-state index contributed by atoms with van der Waals surface area (Å²) in [6.07, 6.45) is 6.11. The molecular weight excluding hydrogens is 688 g/mol. The zero-order chi connectivity index (χ0) is 39.7. The van der Waals surface area contributed by atoms with Gasteiger partial charge in [-0.2, -0.15) is 0 Å². The van der Waals surface area contributed by atoms with Crippen LogP contribution in [0.5, 0.6) is 11.5 Å². The zero-order valence-electron chi connectivity index (χ0n) is 32.7. The molecule has 0 radical (unpaired) electrons. The van der Waals surface area contributed by atoms with Gasteiger partial charge in [0.25, 0.3) is 23.6 Å². The van der Waals surface area contributed by atoms with Gasteiger partial charge in [-0.25, -0.2) is 10.0 Å². The molecule has 0 unspecified atom stereocenters. The van der Waals surface area contributed by atoms with Crippen LogP contribution in [0.3, 0.4) is 0 Å². The monoisotopic (exact) mass is 746 g/mol. The topological polar surface area (TPSA) is 158 Å². The molecule has 294 valence electrons. The molecule has 12 heteroatoms. The number of hydrogen-bond acceptors (Lipinski definition) is 8. The van der Waals surface area contributed by atoms with Crippen molar-refractivity contribution in [2.45, 2.75) is 116 Å². The Balaban J connectivity index is 2.18. The predicted octanol–water partition coefficient (Wildman–Crippen LogP) is 7.28. The van der Waals surface area contributed by atoms with Crippen molar-refractivity contribution in [3.05, 3.63) is 83.9 Å². The second-order valence-corrected chi connectivity index (χ2v) is 13.5. The first-order chi connectivity index (χ1) is 25.9. The highest BCUT2D eigenvalue weighted by Gasteiger charge is 2.40. The molecule has 0 aliphatic carbocycles. The van der Waals surface area contributed by atoms with Gasteiger partial charge in [0, 0.05) is 0 Å². The molecule has 3 aromatic carbocycles. The number of anilines is 2. The van der Waals surface area contributed by atoms with Crippen LogP contribution in [-0.4, -0.2) is 59.3 Å². The molecular formula is C42H58N4O8. The Kier molecular flexibility index (Phi) is 17.0. The Morgan fingerprint density at radius 1 is 0.537 bits per heavy atom. The number of rotatable bonds is 20. The van der Waals surface area contributed by atoms with Crippen LogP contribution < -0.4 is 30.3 Å². The Bertz CT molecular complexity index is 1560. The normalized spacial score (nSPS) is 11.4. The Labute approximate surface area is 319 Å². The van der Waals surface area contributed by atoms with E-state index in [0.29, 0.717) is 25.7 Å². The Hall–Kier alpha value is -4.94. The summed E-state index contributed by atoms with van der Waals surface area (Å²) < 4.78 is 11.1. The fraction of sp³-hybridized carbons (Fsp3) is 0.476. The van der Waals surface area contributed by atoms with Crippen LogP contribution in [0, 0.1) is 0 Å². The summed E-state index contributed by atoms with van der Waals surface area (Å²) in [6.45, 7) is 7.85. The maximum Gasteiger partial charge on any atom is 0.277 e. The van der Waals surface area contributed by atoms with Crippen molar-refractivity contribution >= 4 is 35.0 Å². The molecule has 0 aliphatic heterocycles. The number of hydrazine groups is 2. The lowest BCUT2D eigenvalue weighted by Crippen LogP contribution is -2.56. The lowest BCUT2D eigenvalue weighted by molar-refractivity contribution is -0.142. The average molecular weight is 747 g/mol. The van der Waals surface area contributed by atoms with Crippen molar-refractivity contribution in [1.29, 1.82) is 0 Å². The van der Waals surface area contributed by atoms with Gasteiger partial charge in [-0.15, -0.1) is 0 Å². The molecule has 3 aromatic rings. The number of aliphatic hydroxyl groups is 2. The molecule has 4 amide bonds. The minimum absolute atomic E-state index is 0.124. The van der Waals surface area contributed by atoms with Crippen LogP contribution in [0.1, 0.15) is 125 Å². The maximum atomic E-state index is 14.8. The van der Waals surface area contributed by atoms with Crippen molar-refractivity contribution in [1.82, 2.24) is 10.9 Å². The number of amides is 4. The first-order valence-corrected chi connectivity index (χ1v) is 19.1. The van der Waals surface area contributed by atoms with E-state index in [4.69, 9.17) is 9.47 Å². The zero-order valence-corrected chi connectivity index (χ0v) is 32.7. The minimum atomic E-state index is -1.76. The number of hydrogen-bond donors (Lipinski definition) is 4. The molecule has 12 nitrogen and oxygen atoms in total. The highest BCUT2D eigenvalue weighted by molar-refractivity contribution is 6.18. The number of methoxy groups -OCH3 is 2. The SMILES string of the molecule is CCCCC(O)(CCCC)C(=O)NN(C(=O)c1ccccc1C(=O)N(NC(=O)C(O)(CCCC)CCCC)c1ccccc1OC)c1ccccc1OC. The number of nitrogens with one attached hydrogen (secondary N) is 2. The van der Waals surface area contributed by atoms with E-state index in [0.717, 1.165) is 35.7 Å². The molecule has 0 saturated heterocycles. The highest BCUT2D eigenvalue weighted by Crippen LogP contribution is 2.33. The fourth-order valence-electron chi connectivity index (χ4n) is 6.16. The van der Waals surface area contributed by atoms with Gasteiger partial charge in [-0.3, -0.25) is 30.0 Å². The van der Waals surface area contributed by atoms with E-state index in [-0.39, 0.29) is 59.7 Å². The highest BCUT2D eigenvalue weighted by atomic mass is 16.5. The van der Waals surface area contributed by atoms with Gasteiger partial charge in [0.1, 0.15) is 34.1 Å². The molecule has 0 spiro atoms. The Morgan fingerprint density at radius 2 is 0.833 bits per heavy atom. The summed E-state index contributed by atoms with van der Waals surface area (Å²) in [5.74, 6) is -2.65. The van der Waals surface area contributed by atoms with E-state index >= 15 is 0 Å². The largest absolute Gasteiger partial charge is 0.494 e. The number of nitrogens with zero attached hydrogens (tertiary/aromatic N) is 2. The third-order valence-electron chi connectivity index (χ3n) is 9.49. The summed E-state index contributed by atoms with van der Waals surface area (Å²) in [5.41, 5.74) is 1.89. The van der Waals surface area contributed by atoms with Crippen LogP contribution in [0.2, 0.25) is 0 Å². The van der Waals surface area contributed by atoms with Crippen LogP contribution in [0.25, 0.3) is 0 Å². The third kappa shape index (κ3) is 10.8. The fourth-order valence-corrected chi connectivity index (χ4v) is 6.16. The number of ether oxygens (including phenoxy) is 2. The van der Waals surface area contributed by atoms with Gasteiger partial charge in [-0.05, 0) is 62.1 Å². The number of unbranched alkanes of at least 4 members (excludes halogenated alkanes) is 4. The molecule has 0 aromatic heterocycles. The van der Waals surface area contributed by atoms with Gasteiger partial charge in [-0.1, -0.05) is 115 Å². The van der Waals surface area contributed by atoms with E-state index in [1.807, 2.05) is 27.7 Å². The van der Waals surface area contributed by atoms with Crippen LogP contribution in [0.4, 0.5) is 11.4 Å². The molecule has 54 heavy (non-hydrogen) atoms. The summed E-state index contributed by atoms with van der Waals surface area (Å²) in [4.78, 5) is 57.5. The molecule has 0 heterocycles. The number of para-hydroxylation sites is 4. The second-order valence-electron chi connectivity index (χ2n) is 13.5. The van der Waals surface area contributed by atoms with Gasteiger partial charge in [0.15, 0.2) is 0 Å². The molecule has 0 fully saturated rings. The van der Waals surface area contributed by atoms with Crippen molar-refractivity contribution in [3.63, 3.8) is 0 Å². The summed E-state index contributed by atoms with van der Waals surface area (Å²) in [6, 6.07) is 19.2. The molecule has 3 rings (SSSR count). The lowest BCUT2D eigenvalue weighted by atomic mass is 9.90. The van der Waals surface area contributed by atoms with Gasteiger partial charge >= 0.3 is 0 Å². The Morgan fingerprint density at radius 3 is 1.13 bits per heavy atom. The third-order valence-corrected chi connectivity index (χ3v) is 9.49. The average Bonchev–Trinajstić information content (AvgIpc) is 3.20. The lowest BCUT2D eigenvalue weighted by Gasteiger charge is -2.33. The standard InChI is InChI=1S/C42H58N4O8/c1-7-11-27-41(51,28-12-8-2)39(49)43-45(33-23-17-19-25-35(33)53-5)37(47)31-21-15-16-22-32(31)38(48)46(34-24-18-20-26-36(34)54-6)44-40(50)42(52,29-13-9-3)30-14-10-4/h15-26,51-52H,7-14,27-30H2,1-6H3,(H,43,49)(H,44,50). The molecule has 4 N–H and O–H groups in total. The van der Waals surface area contributed by atoms with Crippen molar-refractivity contribution in [3.8, 4) is 11.5 Å². The first-order valence-electron chi connectivity index (χ1n) is 19.1. The van der Waals surface area contributed by atoms with Crippen LogP contribution in [0.15, 0.2) is 72.8 Å². The quantitative estimate of drug-likeness (QED) is 0.0879. The summed E-state index contributed by atoms with van der Waals surface area (Å²) in [7, 11) is 2.85. The van der Waals surface area contributed by atoms with Crippen molar-refractivity contribution < 1.29 is 38.9 Å². The van der Waals surface area contributed by atoms with E-state index in [2.05, 4.69) is 10.9 Å². The molecule has 0 atom stereocenters. The van der Waals surface area contributed by atoms with Crippen molar-refractivity contribution in [2.24, 2.45) is 0 Å². The smallest absolute Gasteiger partial charge is 0.277 e. The minimum Gasteiger partial charge on any atom is -0.494 e. The van der Waals surface area contributed by atoms with E-state index < -0.39 is 34.8 Å². The van der Waals surface area contributed by atoms with E-state index in [1.165, 1.54) is 26.4 Å². The predicted molar refractivity (Wildman–Crippen MR) is 210 cm³/mol. The van der Waals surface area contributed by atoms with Gasteiger partial charge < -0.3 is 19.7 Å². The van der Waals surface area contributed by atoms with E-state index in [1.54, 1.807) is 60.7 Å². The van der Waals surface area contributed by atoms with Gasteiger partial charge in [0.05, 0.1) is 25.3 Å². The van der Waals surface area contributed by atoms with Crippen LogP contribution in [-0.2, 0) is 9.59 Å². The molecule has 0 bridgehead atoms. The first kappa shape index (κ1) is 43.5. The van der Waals surface area contributed by atoms with Crippen LogP contribution >= 0.6 is 0 Å². The number of carbonyl (C=O) groups is 4. The molecule has 0 aliphatic rings. The van der Waals surface area contributed by atoms with Gasteiger partial charge in [0.2, 0.25) is 0 Å². The molecule has 0 saturated carbocycles. The number of benzene rings is 3. The second kappa shape index (κ2) is 21.1. The van der Waals surface area contributed by atoms with E-state index in [9.17, 15) is 29.4 Å². The summed E-state index contributed by atoms with van der Waals surface area (Å²) in [5, 5.41) is 25.3. The summed E-state index contributed by atoms with van der Waals surface area (Å²) >= 11 is 0.